The Balaban J connectivity index is 1.97. The molecule has 0 saturated heterocycles. The van der Waals surface area contributed by atoms with Gasteiger partial charge in [0.15, 0.2) is 11.2 Å². The maximum atomic E-state index is 6.06. The van der Waals surface area contributed by atoms with Crippen molar-refractivity contribution < 1.29 is 9.47 Å². The van der Waals surface area contributed by atoms with Crippen molar-refractivity contribution in [3.05, 3.63) is 12.2 Å². The fraction of sp³-hybridized carbons (Fsp3) is 0.643. The highest BCUT2D eigenvalue weighted by molar-refractivity contribution is 6.16. The normalized spacial score (nSPS) is 16.3. The fourth-order valence-electron chi connectivity index (χ4n) is 2.70. The van der Waals surface area contributed by atoms with E-state index in [0.29, 0.717) is 22.7 Å². The van der Waals surface area contributed by atoms with Crippen LogP contribution in [0.15, 0.2) is 6.33 Å². The van der Waals surface area contributed by atoms with Gasteiger partial charge in [-0.2, -0.15) is 4.98 Å². The second-order valence-corrected chi connectivity index (χ2v) is 5.81. The first-order valence-electron chi connectivity index (χ1n) is 7.02. The van der Waals surface area contributed by atoms with Crippen LogP contribution in [0.3, 0.4) is 0 Å². The lowest BCUT2D eigenvalue weighted by atomic mass is 10.0. The second-order valence-electron chi connectivity index (χ2n) is 5.55. The predicted octanol–water partition coefficient (Wildman–Crippen LogP) is 2.39. The molecule has 1 aliphatic rings. The second kappa shape index (κ2) is 5.77. The number of fused-ring (bicyclic) bond motifs is 1. The minimum atomic E-state index is 0.294. The molecular formula is C14H19ClN4O2. The quantitative estimate of drug-likeness (QED) is 0.735. The first-order chi connectivity index (χ1) is 10.2. The van der Waals surface area contributed by atoms with E-state index in [-0.39, 0.29) is 0 Å². The van der Waals surface area contributed by atoms with Gasteiger partial charge in [0, 0.05) is 20.3 Å². The molecule has 0 unspecified atom stereocenters. The molecule has 0 aromatic carbocycles. The van der Waals surface area contributed by atoms with Crippen LogP contribution in [0.5, 0.6) is 5.88 Å². The number of methoxy groups -OCH3 is 2. The van der Waals surface area contributed by atoms with Crippen molar-refractivity contribution in [1.82, 2.24) is 19.5 Å². The van der Waals surface area contributed by atoms with Gasteiger partial charge in [-0.3, -0.25) is 0 Å². The van der Waals surface area contributed by atoms with Crippen molar-refractivity contribution in [3.63, 3.8) is 0 Å². The number of halogens is 1. The van der Waals surface area contributed by atoms with Crippen LogP contribution in [-0.2, 0) is 17.2 Å². The summed E-state index contributed by atoms with van der Waals surface area (Å²) in [6.45, 7) is 1.65. The van der Waals surface area contributed by atoms with Gasteiger partial charge < -0.3 is 14.0 Å². The molecule has 114 valence electrons. The predicted molar refractivity (Wildman–Crippen MR) is 79.6 cm³/mol. The van der Waals surface area contributed by atoms with E-state index in [4.69, 9.17) is 21.1 Å². The van der Waals surface area contributed by atoms with Crippen LogP contribution in [0.1, 0.15) is 25.1 Å². The summed E-state index contributed by atoms with van der Waals surface area (Å²) in [7, 11) is 3.33. The van der Waals surface area contributed by atoms with Gasteiger partial charge in [0.2, 0.25) is 5.88 Å². The van der Waals surface area contributed by atoms with E-state index >= 15 is 0 Å². The van der Waals surface area contributed by atoms with E-state index in [9.17, 15) is 0 Å². The first-order valence-corrected chi connectivity index (χ1v) is 7.55. The molecule has 21 heavy (non-hydrogen) atoms. The molecule has 1 fully saturated rings. The Labute approximate surface area is 128 Å². The number of ether oxygens (including phenoxy) is 2. The summed E-state index contributed by atoms with van der Waals surface area (Å²) in [6.07, 6.45) is 4.97. The lowest BCUT2D eigenvalue weighted by Crippen LogP contribution is -2.16. The summed E-state index contributed by atoms with van der Waals surface area (Å²) >= 11 is 6.06. The van der Waals surface area contributed by atoms with Crippen LogP contribution in [0.2, 0.25) is 0 Å². The van der Waals surface area contributed by atoms with E-state index in [1.165, 1.54) is 19.2 Å². The third kappa shape index (κ3) is 2.70. The minimum absolute atomic E-state index is 0.294. The molecular weight excluding hydrogens is 292 g/mol. The Kier molecular flexibility index (Phi) is 3.99. The van der Waals surface area contributed by atoms with Crippen LogP contribution in [0.4, 0.5) is 0 Å². The number of nitrogens with zero attached hydrogens (tertiary/aromatic N) is 4. The van der Waals surface area contributed by atoms with E-state index in [1.807, 2.05) is 0 Å². The molecule has 2 heterocycles. The van der Waals surface area contributed by atoms with E-state index < -0.39 is 0 Å². The number of aromatic nitrogens is 4. The van der Waals surface area contributed by atoms with Crippen LogP contribution in [0, 0.1) is 5.41 Å². The molecule has 6 nitrogen and oxygen atoms in total. The molecule has 0 N–H and O–H groups in total. The van der Waals surface area contributed by atoms with Gasteiger partial charge in [-0.05, 0) is 24.7 Å². The first kappa shape index (κ1) is 14.5. The third-order valence-corrected chi connectivity index (χ3v) is 4.42. The average molecular weight is 311 g/mol. The molecule has 2 aromatic rings. The average Bonchev–Trinajstić information content (AvgIpc) is 3.19. The molecule has 0 radical (unpaired) electrons. The summed E-state index contributed by atoms with van der Waals surface area (Å²) < 4.78 is 12.6. The molecule has 0 amide bonds. The maximum Gasteiger partial charge on any atom is 0.245 e. The molecule has 2 aromatic heterocycles. The van der Waals surface area contributed by atoms with Gasteiger partial charge in [0.25, 0.3) is 0 Å². The number of alkyl halides is 1. The zero-order valence-electron chi connectivity index (χ0n) is 12.3. The van der Waals surface area contributed by atoms with Gasteiger partial charge in [0.1, 0.15) is 12.2 Å². The molecule has 0 atom stereocenters. The zero-order valence-corrected chi connectivity index (χ0v) is 13.1. The van der Waals surface area contributed by atoms with Crippen molar-refractivity contribution in [2.24, 2.45) is 5.41 Å². The van der Waals surface area contributed by atoms with Gasteiger partial charge in [-0.1, -0.05) is 0 Å². The summed E-state index contributed by atoms with van der Waals surface area (Å²) in [6, 6.07) is 0. The van der Waals surface area contributed by atoms with Gasteiger partial charge in [-0.15, -0.1) is 11.6 Å². The summed E-state index contributed by atoms with van der Waals surface area (Å²) in [5.41, 5.74) is 1.77. The van der Waals surface area contributed by atoms with Crippen LogP contribution < -0.4 is 4.74 Å². The van der Waals surface area contributed by atoms with Gasteiger partial charge >= 0.3 is 0 Å². The summed E-state index contributed by atoms with van der Waals surface area (Å²) in [4.78, 5) is 13.0. The minimum Gasteiger partial charge on any atom is -0.479 e. The molecule has 0 bridgehead atoms. The molecule has 7 heteroatoms. The maximum absolute atomic E-state index is 6.06. The van der Waals surface area contributed by atoms with E-state index in [0.717, 1.165) is 31.0 Å². The van der Waals surface area contributed by atoms with E-state index in [1.54, 1.807) is 14.2 Å². The summed E-state index contributed by atoms with van der Waals surface area (Å²) in [5.74, 6) is 1.65. The lowest BCUT2D eigenvalue weighted by Gasteiger charge is -2.17. The smallest absolute Gasteiger partial charge is 0.245 e. The number of imidazole rings is 1. The Bertz CT molecular complexity index is 639. The number of hydrogen-bond acceptors (Lipinski definition) is 5. The summed E-state index contributed by atoms with van der Waals surface area (Å²) in [5, 5.41) is 0. The highest BCUT2D eigenvalue weighted by atomic mass is 35.5. The third-order valence-electron chi connectivity index (χ3n) is 4.18. The van der Waals surface area contributed by atoms with Crippen LogP contribution in [0.25, 0.3) is 11.2 Å². The monoisotopic (exact) mass is 310 g/mol. The molecule has 1 aliphatic carbocycles. The molecule has 0 spiro atoms. The molecule has 3 rings (SSSR count). The largest absolute Gasteiger partial charge is 0.479 e. The Morgan fingerprint density at radius 3 is 2.76 bits per heavy atom. The number of hydrogen-bond donors (Lipinski definition) is 0. The highest BCUT2D eigenvalue weighted by Crippen LogP contribution is 2.50. The molecule has 0 aliphatic heterocycles. The van der Waals surface area contributed by atoms with Crippen molar-refractivity contribution in [2.75, 3.05) is 20.8 Å². The fourth-order valence-corrected chi connectivity index (χ4v) is 2.90. The van der Waals surface area contributed by atoms with Crippen molar-refractivity contribution in [1.29, 1.82) is 0 Å². The van der Waals surface area contributed by atoms with Crippen LogP contribution in [-0.4, -0.2) is 40.3 Å². The van der Waals surface area contributed by atoms with Crippen LogP contribution >= 0.6 is 11.6 Å². The molecule has 1 saturated carbocycles. The van der Waals surface area contributed by atoms with Gasteiger partial charge in [-0.25, -0.2) is 9.97 Å². The van der Waals surface area contributed by atoms with E-state index in [2.05, 4.69) is 19.5 Å². The van der Waals surface area contributed by atoms with Gasteiger partial charge in [0.05, 0.1) is 13.0 Å². The SMILES string of the molecule is COCCC1(Cn2c(CCl)nc3c(OC)ncnc32)CC1. The zero-order chi connectivity index (χ0) is 14.9. The Morgan fingerprint density at radius 2 is 2.14 bits per heavy atom. The van der Waals surface area contributed by atoms with Crippen molar-refractivity contribution in [2.45, 2.75) is 31.7 Å². The number of rotatable bonds is 7. The standard InChI is InChI=1S/C14H19ClN4O2/c1-20-6-5-14(3-4-14)8-19-10(7-15)18-11-12(19)16-9-17-13(11)21-2/h9H,3-8H2,1-2H3. The Morgan fingerprint density at radius 1 is 1.33 bits per heavy atom. The lowest BCUT2D eigenvalue weighted by molar-refractivity contribution is 0.167. The van der Waals surface area contributed by atoms with Crippen molar-refractivity contribution >= 4 is 22.8 Å². The van der Waals surface area contributed by atoms with Crippen molar-refractivity contribution in [3.8, 4) is 5.88 Å². The highest BCUT2D eigenvalue weighted by Gasteiger charge is 2.43. The Hall–Kier alpha value is -1.40. The topological polar surface area (TPSA) is 62.1 Å².